The number of carbonyl (C=O) groups excluding carboxylic acids is 1. The highest BCUT2D eigenvalue weighted by Gasteiger charge is 2.23. The fourth-order valence-electron chi connectivity index (χ4n) is 3.48. The number of benzene rings is 2. The number of hydrogen-bond acceptors (Lipinski definition) is 2. The summed E-state index contributed by atoms with van der Waals surface area (Å²) in [5.74, 6) is -0.224. The van der Waals surface area contributed by atoms with Gasteiger partial charge in [-0.05, 0) is 56.0 Å². The molecule has 0 aliphatic heterocycles. The molecular formula is C22H23ClN2O2. The zero-order chi connectivity index (χ0) is 19.7. The number of anilines is 1. The molecule has 0 saturated carbocycles. The van der Waals surface area contributed by atoms with Gasteiger partial charge in [-0.1, -0.05) is 42.8 Å². The van der Waals surface area contributed by atoms with Gasteiger partial charge in [0.25, 0.3) is 5.56 Å². The van der Waals surface area contributed by atoms with Gasteiger partial charge < -0.3 is 5.32 Å². The van der Waals surface area contributed by atoms with Gasteiger partial charge in [-0.15, -0.1) is 0 Å². The van der Waals surface area contributed by atoms with Crippen LogP contribution in [0.2, 0.25) is 5.02 Å². The van der Waals surface area contributed by atoms with E-state index in [-0.39, 0.29) is 11.5 Å². The van der Waals surface area contributed by atoms with Gasteiger partial charge in [-0.2, -0.15) is 0 Å². The van der Waals surface area contributed by atoms with E-state index >= 15 is 0 Å². The van der Waals surface area contributed by atoms with Crippen LogP contribution in [0.5, 0.6) is 0 Å². The van der Waals surface area contributed by atoms with Crippen LogP contribution in [-0.4, -0.2) is 10.5 Å². The van der Waals surface area contributed by atoms with E-state index in [2.05, 4.69) is 5.32 Å². The van der Waals surface area contributed by atoms with Gasteiger partial charge in [0, 0.05) is 22.2 Å². The molecule has 27 heavy (non-hydrogen) atoms. The number of aryl methyl sites for hydroxylation is 3. The summed E-state index contributed by atoms with van der Waals surface area (Å²) in [6.45, 7) is 7.70. The smallest absolute Gasteiger partial charge is 0.252 e. The third-order valence-corrected chi connectivity index (χ3v) is 5.17. The van der Waals surface area contributed by atoms with Crippen molar-refractivity contribution >= 4 is 34.1 Å². The largest absolute Gasteiger partial charge is 0.324 e. The minimum absolute atomic E-state index is 0.167. The molecule has 140 valence electrons. The van der Waals surface area contributed by atoms with Crippen molar-refractivity contribution in [1.29, 1.82) is 0 Å². The summed E-state index contributed by atoms with van der Waals surface area (Å²) in [4.78, 5) is 25.9. The van der Waals surface area contributed by atoms with Crippen molar-refractivity contribution < 1.29 is 4.79 Å². The number of halogens is 1. The first-order chi connectivity index (χ1) is 12.8. The Hall–Kier alpha value is -2.59. The first-order valence-corrected chi connectivity index (χ1v) is 9.39. The van der Waals surface area contributed by atoms with E-state index in [0.29, 0.717) is 17.1 Å². The number of pyridine rings is 1. The molecule has 2 aromatic carbocycles. The van der Waals surface area contributed by atoms with Gasteiger partial charge >= 0.3 is 0 Å². The molecule has 0 spiro atoms. The third kappa shape index (κ3) is 3.62. The van der Waals surface area contributed by atoms with Crippen LogP contribution in [-0.2, 0) is 4.79 Å². The number of hydrogen-bond donors (Lipinski definition) is 1. The fraction of sp³-hybridized carbons (Fsp3) is 0.273. The predicted molar refractivity (Wildman–Crippen MR) is 112 cm³/mol. The number of aromatic nitrogens is 1. The molecule has 1 unspecified atom stereocenters. The van der Waals surface area contributed by atoms with E-state index in [1.165, 1.54) is 0 Å². The lowest BCUT2D eigenvalue weighted by atomic mass is 10.0. The summed E-state index contributed by atoms with van der Waals surface area (Å²) in [6, 6.07) is 12.3. The molecule has 1 amide bonds. The average Bonchev–Trinajstić information content (AvgIpc) is 2.62. The zero-order valence-electron chi connectivity index (χ0n) is 16.0. The molecule has 4 nitrogen and oxygen atoms in total. The van der Waals surface area contributed by atoms with Gasteiger partial charge in [0.15, 0.2) is 0 Å². The van der Waals surface area contributed by atoms with Crippen LogP contribution < -0.4 is 10.9 Å². The Kier molecular flexibility index (Phi) is 5.38. The van der Waals surface area contributed by atoms with Crippen molar-refractivity contribution in [2.75, 3.05) is 5.32 Å². The molecule has 3 aromatic rings. The van der Waals surface area contributed by atoms with Crippen LogP contribution in [0.25, 0.3) is 10.9 Å². The Morgan fingerprint density at radius 1 is 1.07 bits per heavy atom. The van der Waals surface area contributed by atoms with Crippen LogP contribution in [0.3, 0.4) is 0 Å². The van der Waals surface area contributed by atoms with E-state index in [1.807, 2.05) is 52.0 Å². The second kappa shape index (κ2) is 7.57. The lowest BCUT2D eigenvalue weighted by Crippen LogP contribution is -2.33. The van der Waals surface area contributed by atoms with Crippen LogP contribution in [0, 0.1) is 20.8 Å². The number of fused-ring (bicyclic) bond motifs is 1. The Labute approximate surface area is 163 Å². The number of rotatable bonds is 4. The van der Waals surface area contributed by atoms with Gasteiger partial charge in [-0.3, -0.25) is 14.2 Å². The van der Waals surface area contributed by atoms with Crippen molar-refractivity contribution in [3.05, 3.63) is 74.5 Å². The molecule has 1 N–H and O–H groups in total. The van der Waals surface area contributed by atoms with Crippen LogP contribution in [0.15, 0.2) is 47.3 Å². The summed E-state index contributed by atoms with van der Waals surface area (Å²) in [7, 11) is 0. The lowest BCUT2D eigenvalue weighted by molar-refractivity contribution is -0.119. The van der Waals surface area contributed by atoms with Crippen molar-refractivity contribution in [2.24, 2.45) is 0 Å². The second-order valence-electron chi connectivity index (χ2n) is 6.88. The highest BCUT2D eigenvalue weighted by Crippen LogP contribution is 2.26. The average molecular weight is 383 g/mol. The van der Waals surface area contributed by atoms with E-state index in [9.17, 15) is 9.59 Å². The minimum atomic E-state index is -0.611. The normalized spacial score (nSPS) is 12.2. The van der Waals surface area contributed by atoms with Crippen molar-refractivity contribution in [3.63, 3.8) is 0 Å². The van der Waals surface area contributed by atoms with E-state index in [4.69, 9.17) is 11.6 Å². The predicted octanol–water partition coefficient (Wildman–Crippen LogP) is 5.17. The lowest BCUT2D eigenvalue weighted by Gasteiger charge is -2.22. The van der Waals surface area contributed by atoms with Crippen molar-refractivity contribution in [2.45, 2.75) is 40.2 Å². The summed E-state index contributed by atoms with van der Waals surface area (Å²) in [5, 5.41) is 4.48. The number of para-hydroxylation sites is 1. The SMILES string of the molecule is CCC(C(=O)Nc1cc(Cl)ccc1C)n1c(=O)cc(C)c2cccc(C)c21. The summed E-state index contributed by atoms with van der Waals surface area (Å²) >= 11 is 6.07. The third-order valence-electron chi connectivity index (χ3n) is 4.94. The van der Waals surface area contributed by atoms with Gasteiger partial charge in [0.05, 0.1) is 5.52 Å². The van der Waals surface area contributed by atoms with E-state index in [0.717, 1.165) is 27.6 Å². The quantitative estimate of drug-likeness (QED) is 0.676. The number of carbonyl (C=O) groups is 1. The van der Waals surface area contributed by atoms with Gasteiger partial charge in [0.1, 0.15) is 6.04 Å². The van der Waals surface area contributed by atoms with Crippen molar-refractivity contribution in [1.82, 2.24) is 4.57 Å². The maximum Gasteiger partial charge on any atom is 0.252 e. The molecule has 1 atom stereocenters. The topological polar surface area (TPSA) is 51.1 Å². The molecule has 0 aliphatic rings. The molecule has 0 fully saturated rings. The minimum Gasteiger partial charge on any atom is -0.324 e. The molecule has 1 heterocycles. The first kappa shape index (κ1) is 19.2. The number of nitrogens with zero attached hydrogens (tertiary/aromatic N) is 1. The van der Waals surface area contributed by atoms with Gasteiger partial charge in [-0.25, -0.2) is 0 Å². The number of amides is 1. The van der Waals surface area contributed by atoms with Gasteiger partial charge in [0.2, 0.25) is 5.91 Å². The molecule has 1 aromatic heterocycles. The standard InChI is InChI=1S/C22H23ClN2O2/c1-5-19(22(27)24-18-12-16(23)10-9-13(18)2)25-20(26)11-15(4)17-8-6-7-14(3)21(17)25/h6-12,19H,5H2,1-4H3,(H,24,27). The maximum atomic E-state index is 13.1. The molecular weight excluding hydrogens is 360 g/mol. The van der Waals surface area contributed by atoms with Crippen molar-refractivity contribution in [3.8, 4) is 0 Å². The summed E-state index contributed by atoms with van der Waals surface area (Å²) in [6.07, 6.45) is 0.498. The Morgan fingerprint density at radius 3 is 2.52 bits per heavy atom. The summed E-state index contributed by atoms with van der Waals surface area (Å²) in [5.41, 5.74) is 4.10. The molecule has 0 bridgehead atoms. The molecule has 0 radical (unpaired) electrons. The Balaban J connectivity index is 2.12. The first-order valence-electron chi connectivity index (χ1n) is 9.02. The summed E-state index contributed by atoms with van der Waals surface area (Å²) < 4.78 is 1.62. The van der Waals surface area contributed by atoms with E-state index in [1.54, 1.807) is 22.8 Å². The fourth-order valence-corrected chi connectivity index (χ4v) is 3.65. The maximum absolute atomic E-state index is 13.1. The monoisotopic (exact) mass is 382 g/mol. The van der Waals surface area contributed by atoms with Crippen LogP contribution >= 0.6 is 11.6 Å². The van der Waals surface area contributed by atoms with Crippen LogP contribution in [0.1, 0.15) is 36.1 Å². The van der Waals surface area contributed by atoms with E-state index < -0.39 is 6.04 Å². The molecule has 5 heteroatoms. The Bertz CT molecular complexity index is 1090. The highest BCUT2D eigenvalue weighted by molar-refractivity contribution is 6.31. The second-order valence-corrected chi connectivity index (χ2v) is 7.32. The molecule has 3 rings (SSSR count). The Morgan fingerprint density at radius 2 is 1.81 bits per heavy atom. The molecule has 0 saturated heterocycles. The number of nitrogens with one attached hydrogen (secondary N) is 1. The molecule has 0 aliphatic carbocycles. The zero-order valence-corrected chi connectivity index (χ0v) is 16.7. The van der Waals surface area contributed by atoms with Crippen LogP contribution in [0.4, 0.5) is 5.69 Å². The highest BCUT2D eigenvalue weighted by atomic mass is 35.5.